The van der Waals surface area contributed by atoms with E-state index in [4.69, 9.17) is 8.86 Å². The van der Waals surface area contributed by atoms with Gasteiger partial charge in [-0.1, -0.05) is 17.3 Å². The summed E-state index contributed by atoms with van der Waals surface area (Å²) >= 11 is 1.13. The van der Waals surface area contributed by atoms with Crippen molar-refractivity contribution in [1.82, 2.24) is 14.7 Å². The van der Waals surface area contributed by atoms with Crippen LogP contribution in [0.5, 0.6) is 0 Å². The van der Waals surface area contributed by atoms with Gasteiger partial charge in [0.15, 0.2) is 5.82 Å². The van der Waals surface area contributed by atoms with E-state index in [0.717, 1.165) is 39.1 Å². The quantitative estimate of drug-likeness (QED) is 0.271. The minimum atomic E-state index is -0.260. The number of rotatable bonds is 6. The van der Waals surface area contributed by atoms with Crippen molar-refractivity contribution >= 4 is 22.9 Å². The largest absolute Gasteiger partial charge is 0.332 e. The maximum atomic E-state index is 13.2. The molecule has 0 fully saturated rings. The lowest BCUT2D eigenvalue weighted by Crippen LogP contribution is -2.02. The molecule has 2 heterocycles. The Hall–Kier alpha value is -2.68. The van der Waals surface area contributed by atoms with Gasteiger partial charge < -0.3 is 9.09 Å². The summed E-state index contributed by atoms with van der Waals surface area (Å²) in [6.45, 7) is 2.32. The van der Waals surface area contributed by atoms with Gasteiger partial charge in [0.1, 0.15) is 11.5 Å². The lowest BCUT2D eigenvalue weighted by atomic mass is 10.2. The monoisotopic (exact) mass is 385 g/mol. The Labute approximate surface area is 159 Å². The standard InChI is InChI=1S/C19H16FN3O3S/c1-12-21-19(25-22-12)18-10-14-9-16(27-26-24-2)7-8-17(14)23(18)11-13-3-5-15(20)6-4-13/h3-10H,11H2,1-2H3. The average Bonchev–Trinajstić information content (AvgIpc) is 3.25. The second-order valence-corrected chi connectivity index (χ2v) is 6.70. The first kappa shape index (κ1) is 17.7. The number of fused-ring (bicyclic) bond motifs is 1. The molecule has 27 heavy (non-hydrogen) atoms. The summed E-state index contributed by atoms with van der Waals surface area (Å²) < 4.78 is 25.6. The highest BCUT2D eigenvalue weighted by Crippen LogP contribution is 2.31. The van der Waals surface area contributed by atoms with Crippen LogP contribution in [0.4, 0.5) is 4.39 Å². The van der Waals surface area contributed by atoms with Gasteiger partial charge in [0.2, 0.25) is 0 Å². The topological polar surface area (TPSA) is 62.3 Å². The summed E-state index contributed by atoms with van der Waals surface area (Å²) in [5.74, 6) is 0.741. The average molecular weight is 385 g/mol. The van der Waals surface area contributed by atoms with E-state index in [0.29, 0.717) is 18.3 Å². The fourth-order valence-electron chi connectivity index (χ4n) is 2.90. The molecule has 0 radical (unpaired) electrons. The molecule has 6 nitrogen and oxygen atoms in total. The van der Waals surface area contributed by atoms with Gasteiger partial charge in [0.05, 0.1) is 19.2 Å². The molecule has 0 saturated heterocycles. The minimum absolute atomic E-state index is 0.260. The Kier molecular flexibility index (Phi) is 4.93. The first-order valence-corrected chi connectivity index (χ1v) is 8.94. The third-order valence-electron chi connectivity index (χ3n) is 4.07. The van der Waals surface area contributed by atoms with E-state index in [-0.39, 0.29) is 5.82 Å². The number of aryl methyl sites for hydroxylation is 1. The van der Waals surface area contributed by atoms with Crippen molar-refractivity contribution in [3.05, 3.63) is 65.7 Å². The Morgan fingerprint density at radius 3 is 2.67 bits per heavy atom. The lowest BCUT2D eigenvalue weighted by molar-refractivity contribution is -0.160. The van der Waals surface area contributed by atoms with Crippen molar-refractivity contribution in [3.63, 3.8) is 0 Å². The molecule has 4 rings (SSSR count). The zero-order chi connectivity index (χ0) is 18.8. The van der Waals surface area contributed by atoms with Gasteiger partial charge in [-0.3, -0.25) is 0 Å². The normalized spacial score (nSPS) is 11.4. The van der Waals surface area contributed by atoms with Gasteiger partial charge >= 0.3 is 0 Å². The maximum Gasteiger partial charge on any atom is 0.274 e. The summed E-state index contributed by atoms with van der Waals surface area (Å²) in [5.41, 5.74) is 2.75. The molecule has 0 aliphatic rings. The van der Waals surface area contributed by atoms with Gasteiger partial charge in [-0.25, -0.2) is 9.28 Å². The summed E-state index contributed by atoms with van der Waals surface area (Å²) in [5, 5.41) is 4.88. The van der Waals surface area contributed by atoms with Crippen molar-refractivity contribution in [3.8, 4) is 11.6 Å². The maximum absolute atomic E-state index is 13.2. The number of hydrogen-bond acceptors (Lipinski definition) is 6. The molecule has 0 spiro atoms. The zero-order valence-electron chi connectivity index (χ0n) is 14.7. The van der Waals surface area contributed by atoms with Gasteiger partial charge in [-0.2, -0.15) is 9.32 Å². The van der Waals surface area contributed by atoms with Gasteiger partial charge in [0, 0.05) is 22.3 Å². The number of benzene rings is 2. The molecule has 0 N–H and O–H groups in total. The van der Waals surface area contributed by atoms with Gasteiger partial charge in [-0.05, 0) is 48.9 Å². The molecule has 0 saturated carbocycles. The summed E-state index contributed by atoms with van der Waals surface area (Å²) in [6.07, 6.45) is 0. The summed E-state index contributed by atoms with van der Waals surface area (Å²) in [6, 6.07) is 14.3. The van der Waals surface area contributed by atoms with Crippen LogP contribution in [0.15, 0.2) is 57.9 Å². The molecule has 2 aromatic carbocycles. The fourth-order valence-corrected chi connectivity index (χ4v) is 3.34. The highest BCUT2D eigenvalue weighted by atomic mass is 32.2. The predicted molar refractivity (Wildman–Crippen MR) is 99.4 cm³/mol. The van der Waals surface area contributed by atoms with E-state index in [2.05, 4.69) is 19.6 Å². The lowest BCUT2D eigenvalue weighted by Gasteiger charge is -2.09. The number of halogens is 1. The van der Waals surface area contributed by atoms with Crippen molar-refractivity contribution in [2.24, 2.45) is 0 Å². The Morgan fingerprint density at radius 2 is 1.96 bits per heavy atom. The van der Waals surface area contributed by atoms with Crippen molar-refractivity contribution in [1.29, 1.82) is 0 Å². The molecule has 4 aromatic rings. The van der Waals surface area contributed by atoms with Crippen LogP contribution in [0.3, 0.4) is 0 Å². The molecule has 0 unspecified atom stereocenters. The second-order valence-electron chi connectivity index (χ2n) is 5.93. The van der Waals surface area contributed by atoms with E-state index in [1.807, 2.05) is 24.3 Å². The minimum Gasteiger partial charge on any atom is -0.332 e. The first-order chi connectivity index (χ1) is 13.1. The van der Waals surface area contributed by atoms with Crippen molar-refractivity contribution in [2.75, 3.05) is 7.11 Å². The molecule has 0 aliphatic heterocycles. The van der Waals surface area contributed by atoms with Crippen molar-refractivity contribution < 1.29 is 18.1 Å². The Bertz CT molecular complexity index is 1080. The van der Waals surface area contributed by atoms with Crippen LogP contribution >= 0.6 is 12.0 Å². The fraction of sp³-hybridized carbons (Fsp3) is 0.158. The summed E-state index contributed by atoms with van der Waals surface area (Å²) in [4.78, 5) is 9.90. The molecular formula is C19H16FN3O3S. The van der Waals surface area contributed by atoms with Crippen LogP contribution in [-0.2, 0) is 15.8 Å². The van der Waals surface area contributed by atoms with Crippen LogP contribution < -0.4 is 0 Å². The smallest absolute Gasteiger partial charge is 0.274 e. The molecule has 138 valence electrons. The number of aromatic nitrogens is 3. The molecule has 2 aromatic heterocycles. The van der Waals surface area contributed by atoms with Crippen molar-refractivity contribution in [2.45, 2.75) is 18.4 Å². The molecule has 0 amide bonds. The SMILES string of the molecule is COOSc1ccc2c(c1)cc(-c1nc(C)no1)n2Cc1ccc(F)cc1. The van der Waals surface area contributed by atoms with Gasteiger partial charge in [0.25, 0.3) is 5.89 Å². The molecular weight excluding hydrogens is 369 g/mol. The van der Waals surface area contributed by atoms with Crippen LogP contribution in [-0.4, -0.2) is 21.8 Å². The highest BCUT2D eigenvalue weighted by molar-refractivity contribution is 7.94. The van der Waals surface area contributed by atoms with E-state index in [1.165, 1.54) is 19.2 Å². The third-order valence-corrected chi connectivity index (χ3v) is 4.72. The second kappa shape index (κ2) is 7.51. The first-order valence-electron chi connectivity index (χ1n) is 8.20. The third kappa shape index (κ3) is 3.73. The Balaban J connectivity index is 1.81. The van der Waals surface area contributed by atoms with Gasteiger partial charge in [-0.15, -0.1) is 0 Å². The van der Waals surface area contributed by atoms with Crippen LogP contribution in [0.25, 0.3) is 22.5 Å². The van der Waals surface area contributed by atoms with E-state index in [1.54, 1.807) is 19.1 Å². The zero-order valence-corrected chi connectivity index (χ0v) is 15.5. The highest BCUT2D eigenvalue weighted by Gasteiger charge is 2.17. The van der Waals surface area contributed by atoms with E-state index >= 15 is 0 Å². The number of nitrogens with zero attached hydrogens (tertiary/aromatic N) is 3. The number of hydrogen-bond donors (Lipinski definition) is 0. The molecule has 0 aliphatic carbocycles. The molecule has 0 bridgehead atoms. The van der Waals surface area contributed by atoms with E-state index < -0.39 is 0 Å². The van der Waals surface area contributed by atoms with Crippen LogP contribution in [0, 0.1) is 12.7 Å². The predicted octanol–water partition coefficient (Wildman–Crippen LogP) is 4.77. The summed E-state index contributed by atoms with van der Waals surface area (Å²) in [7, 11) is 1.46. The van der Waals surface area contributed by atoms with E-state index in [9.17, 15) is 4.39 Å². The molecule has 8 heteroatoms. The van der Waals surface area contributed by atoms with Crippen LogP contribution in [0.1, 0.15) is 11.4 Å². The van der Waals surface area contributed by atoms with Crippen LogP contribution in [0.2, 0.25) is 0 Å². The molecule has 0 atom stereocenters. The Morgan fingerprint density at radius 1 is 1.15 bits per heavy atom.